The highest BCUT2D eigenvalue weighted by molar-refractivity contribution is 7.09. The number of hydrogen-bond donors (Lipinski definition) is 0. The Morgan fingerprint density at radius 2 is 1.62 bits per heavy atom. The first-order chi connectivity index (χ1) is 11.9. The molecule has 0 aliphatic carbocycles. The van der Waals surface area contributed by atoms with Crippen LogP contribution in [0.3, 0.4) is 0 Å². The van der Waals surface area contributed by atoms with E-state index in [1.54, 1.807) is 5.38 Å². The lowest BCUT2D eigenvalue weighted by molar-refractivity contribution is -0.143. The number of carbonyl (C=O) groups excluding carboxylic acids is 1. The van der Waals surface area contributed by atoms with Crippen molar-refractivity contribution >= 4 is 17.2 Å². The van der Waals surface area contributed by atoms with Gasteiger partial charge < -0.3 is 4.90 Å². The lowest BCUT2D eigenvalue weighted by atomic mass is 10.0. The van der Waals surface area contributed by atoms with Gasteiger partial charge >= 0.3 is 12.4 Å². The van der Waals surface area contributed by atoms with Crippen molar-refractivity contribution in [2.45, 2.75) is 32.2 Å². The molecule has 0 saturated carbocycles. The Kier molecular flexibility index (Phi) is 5.64. The van der Waals surface area contributed by atoms with Crippen LogP contribution in [0.25, 0.3) is 0 Å². The summed E-state index contributed by atoms with van der Waals surface area (Å²) in [5.74, 6) is -0.951. The van der Waals surface area contributed by atoms with E-state index in [0.717, 1.165) is 9.91 Å². The van der Waals surface area contributed by atoms with Crippen LogP contribution in [-0.2, 0) is 25.3 Å². The third-order valence-corrected chi connectivity index (χ3v) is 4.52. The fourth-order valence-electron chi connectivity index (χ4n) is 2.20. The number of aromatic nitrogens is 1. The summed E-state index contributed by atoms with van der Waals surface area (Å²) in [4.78, 5) is 17.6. The van der Waals surface area contributed by atoms with Crippen molar-refractivity contribution in [3.63, 3.8) is 0 Å². The van der Waals surface area contributed by atoms with Crippen molar-refractivity contribution in [1.29, 1.82) is 0 Å². The van der Waals surface area contributed by atoms with Gasteiger partial charge in [-0.15, -0.1) is 11.3 Å². The second kappa shape index (κ2) is 7.26. The van der Waals surface area contributed by atoms with E-state index in [-0.39, 0.29) is 12.6 Å². The number of aryl methyl sites for hydroxylation is 1. The predicted molar refractivity (Wildman–Crippen MR) is 83.7 cm³/mol. The van der Waals surface area contributed by atoms with Crippen LogP contribution in [0.15, 0.2) is 23.6 Å². The molecule has 1 amide bonds. The third kappa shape index (κ3) is 4.75. The molecular formula is C16H14F6N2OS. The van der Waals surface area contributed by atoms with Crippen molar-refractivity contribution in [2.24, 2.45) is 0 Å². The molecule has 1 aromatic carbocycles. The van der Waals surface area contributed by atoms with Crippen LogP contribution < -0.4 is 0 Å². The average molecular weight is 396 g/mol. The number of amides is 1. The molecular weight excluding hydrogens is 382 g/mol. The van der Waals surface area contributed by atoms with Gasteiger partial charge in [0.2, 0.25) is 0 Å². The van der Waals surface area contributed by atoms with Crippen molar-refractivity contribution in [3.8, 4) is 0 Å². The molecule has 0 atom stereocenters. The maximum atomic E-state index is 12.9. The van der Waals surface area contributed by atoms with Crippen molar-refractivity contribution in [3.05, 3.63) is 51.0 Å². The number of carbonyl (C=O) groups is 1. The van der Waals surface area contributed by atoms with Crippen LogP contribution in [-0.4, -0.2) is 22.8 Å². The predicted octanol–water partition coefficient (Wildman–Crippen LogP) is 5.02. The molecule has 10 heteroatoms. The van der Waals surface area contributed by atoms with E-state index in [1.165, 1.54) is 18.4 Å². The van der Waals surface area contributed by atoms with Crippen LogP contribution in [0.4, 0.5) is 26.3 Å². The zero-order valence-corrected chi connectivity index (χ0v) is 14.5. The number of nitrogens with zero attached hydrogens (tertiary/aromatic N) is 2. The van der Waals surface area contributed by atoms with Gasteiger partial charge in [0.25, 0.3) is 5.91 Å². The van der Waals surface area contributed by atoms with Gasteiger partial charge in [-0.1, -0.05) is 6.92 Å². The fraction of sp³-hybridized carbons (Fsp3) is 0.375. The third-order valence-electron chi connectivity index (χ3n) is 3.48. The van der Waals surface area contributed by atoms with Crippen molar-refractivity contribution < 1.29 is 31.1 Å². The molecule has 3 nitrogen and oxygen atoms in total. The Morgan fingerprint density at radius 3 is 2.04 bits per heavy atom. The second-order valence-corrected chi connectivity index (χ2v) is 6.48. The Bertz CT molecular complexity index is 765. The average Bonchev–Trinajstić information content (AvgIpc) is 2.99. The van der Waals surface area contributed by atoms with Gasteiger partial charge in [0, 0.05) is 18.0 Å². The number of benzene rings is 1. The van der Waals surface area contributed by atoms with Gasteiger partial charge in [-0.3, -0.25) is 4.79 Å². The molecule has 0 aliphatic rings. The first kappa shape index (κ1) is 20.2. The van der Waals surface area contributed by atoms with Gasteiger partial charge in [0.15, 0.2) is 0 Å². The number of hydrogen-bond acceptors (Lipinski definition) is 3. The molecule has 0 N–H and O–H groups in total. The van der Waals surface area contributed by atoms with Crippen molar-refractivity contribution in [1.82, 2.24) is 9.88 Å². The van der Waals surface area contributed by atoms with Crippen LogP contribution in [0.1, 0.15) is 39.1 Å². The highest BCUT2D eigenvalue weighted by Gasteiger charge is 2.37. The van der Waals surface area contributed by atoms with E-state index in [2.05, 4.69) is 4.98 Å². The van der Waals surface area contributed by atoms with E-state index in [1.807, 2.05) is 6.92 Å². The molecule has 26 heavy (non-hydrogen) atoms. The van der Waals surface area contributed by atoms with Gasteiger partial charge in [0.05, 0.1) is 28.4 Å². The molecule has 142 valence electrons. The molecule has 0 fully saturated rings. The minimum absolute atomic E-state index is 0.00919. The molecule has 0 radical (unpaired) electrons. The molecule has 0 unspecified atom stereocenters. The summed E-state index contributed by atoms with van der Waals surface area (Å²) in [6, 6.07) is 0.837. The number of halogens is 6. The zero-order valence-electron chi connectivity index (χ0n) is 13.7. The van der Waals surface area contributed by atoms with E-state index in [4.69, 9.17) is 0 Å². The largest absolute Gasteiger partial charge is 0.416 e. The van der Waals surface area contributed by atoms with Crippen molar-refractivity contribution in [2.75, 3.05) is 7.05 Å². The summed E-state index contributed by atoms with van der Waals surface area (Å²) in [6.07, 6.45) is -9.31. The molecule has 0 aliphatic heterocycles. The first-order valence-corrected chi connectivity index (χ1v) is 8.28. The standard InChI is InChI=1S/C16H14F6N2OS/c1-3-13-23-12(8-26-13)7-24(2)14(25)9-4-10(15(17,18)19)6-11(5-9)16(20,21)22/h4-6,8H,3,7H2,1-2H3. The summed E-state index contributed by atoms with van der Waals surface area (Å²) in [7, 11) is 1.29. The summed E-state index contributed by atoms with van der Waals surface area (Å²) < 4.78 is 77.3. The molecule has 0 spiro atoms. The Hall–Kier alpha value is -2.10. The van der Waals surface area contributed by atoms with Crippen LogP contribution in [0, 0.1) is 0 Å². The second-order valence-electron chi connectivity index (χ2n) is 5.54. The Morgan fingerprint density at radius 1 is 1.08 bits per heavy atom. The normalized spacial score (nSPS) is 12.3. The topological polar surface area (TPSA) is 33.2 Å². The quantitative estimate of drug-likeness (QED) is 0.681. The van der Waals surface area contributed by atoms with E-state index in [9.17, 15) is 31.1 Å². The molecule has 0 saturated heterocycles. The zero-order chi connectivity index (χ0) is 19.7. The highest BCUT2D eigenvalue weighted by atomic mass is 32.1. The molecule has 1 heterocycles. The number of rotatable bonds is 4. The van der Waals surface area contributed by atoms with Gasteiger partial charge in [-0.2, -0.15) is 26.3 Å². The first-order valence-electron chi connectivity index (χ1n) is 7.40. The highest BCUT2D eigenvalue weighted by Crippen LogP contribution is 2.36. The summed E-state index contributed by atoms with van der Waals surface area (Å²) in [5.41, 5.74) is -3.21. The fourth-order valence-corrected chi connectivity index (χ4v) is 2.93. The van der Waals surface area contributed by atoms with Crippen LogP contribution in [0.2, 0.25) is 0 Å². The smallest absolute Gasteiger partial charge is 0.336 e. The van der Waals surface area contributed by atoms with Gasteiger partial charge in [-0.25, -0.2) is 4.98 Å². The van der Waals surface area contributed by atoms with Gasteiger partial charge in [0.1, 0.15) is 0 Å². The summed E-state index contributed by atoms with van der Waals surface area (Å²) >= 11 is 1.36. The summed E-state index contributed by atoms with van der Waals surface area (Å²) in [6.45, 7) is 1.87. The Labute approximate surface area is 149 Å². The van der Waals surface area contributed by atoms with Gasteiger partial charge in [-0.05, 0) is 24.6 Å². The number of alkyl halides is 6. The molecule has 2 aromatic rings. The maximum Gasteiger partial charge on any atom is 0.416 e. The minimum Gasteiger partial charge on any atom is -0.336 e. The molecule has 1 aromatic heterocycles. The lowest BCUT2D eigenvalue weighted by Gasteiger charge is -2.18. The number of thiazole rings is 1. The van der Waals surface area contributed by atoms with E-state index < -0.39 is 35.0 Å². The maximum absolute atomic E-state index is 12.9. The SMILES string of the molecule is CCc1nc(CN(C)C(=O)c2cc(C(F)(F)F)cc(C(F)(F)F)c2)cs1. The minimum atomic E-state index is -5.00. The Balaban J connectivity index is 2.34. The summed E-state index contributed by atoms with van der Waals surface area (Å²) in [5, 5.41) is 2.51. The van der Waals surface area contributed by atoms with E-state index >= 15 is 0 Å². The lowest BCUT2D eigenvalue weighted by Crippen LogP contribution is -2.27. The molecule has 2 rings (SSSR count). The van der Waals surface area contributed by atoms with Crippen LogP contribution in [0.5, 0.6) is 0 Å². The van der Waals surface area contributed by atoms with Crippen LogP contribution >= 0.6 is 11.3 Å². The molecule has 0 bridgehead atoms. The van der Waals surface area contributed by atoms with E-state index in [0.29, 0.717) is 24.2 Å². The monoisotopic (exact) mass is 396 g/mol.